The summed E-state index contributed by atoms with van der Waals surface area (Å²) in [5, 5.41) is 3.94. The molecule has 0 bridgehead atoms. The first-order chi connectivity index (χ1) is 10.7. The van der Waals surface area contributed by atoms with Crippen LogP contribution in [0.25, 0.3) is 0 Å². The zero-order valence-electron chi connectivity index (χ0n) is 14.1. The van der Waals surface area contributed by atoms with Crippen LogP contribution < -0.4 is 10.0 Å². The van der Waals surface area contributed by atoms with E-state index in [1.165, 1.54) is 0 Å². The van der Waals surface area contributed by atoms with Gasteiger partial charge in [-0.05, 0) is 19.4 Å². The van der Waals surface area contributed by atoms with Gasteiger partial charge in [-0.2, -0.15) is 0 Å². The van der Waals surface area contributed by atoms with Gasteiger partial charge in [-0.1, -0.05) is 11.6 Å². The number of rotatable bonds is 8. The highest BCUT2D eigenvalue weighted by molar-refractivity contribution is 7.88. The van der Waals surface area contributed by atoms with Gasteiger partial charge in [0.1, 0.15) is 0 Å². The lowest BCUT2D eigenvalue weighted by atomic mass is 10.4. The third-order valence-electron chi connectivity index (χ3n) is 3.13. The van der Waals surface area contributed by atoms with E-state index in [1.807, 2.05) is 42.7 Å². The second kappa shape index (κ2) is 9.14. The molecular formula is C14H26ClN5O2S. The summed E-state index contributed by atoms with van der Waals surface area (Å²) in [6.45, 7) is 4.38. The molecule has 0 radical (unpaired) electrons. The molecule has 0 aliphatic carbocycles. The largest absolute Gasteiger partial charge is 0.357 e. The number of aryl methyl sites for hydroxylation is 1. The van der Waals surface area contributed by atoms with Gasteiger partial charge in [-0.3, -0.25) is 4.99 Å². The van der Waals surface area contributed by atoms with Crippen LogP contribution in [0.5, 0.6) is 0 Å². The van der Waals surface area contributed by atoms with E-state index in [4.69, 9.17) is 11.6 Å². The first kappa shape index (κ1) is 19.8. The average Bonchev–Trinajstić information content (AvgIpc) is 2.74. The van der Waals surface area contributed by atoms with E-state index in [1.54, 1.807) is 0 Å². The molecule has 2 N–H and O–H groups in total. The van der Waals surface area contributed by atoms with Crippen molar-refractivity contribution in [3.8, 4) is 0 Å². The molecule has 1 aromatic rings. The number of hydrogen-bond donors (Lipinski definition) is 2. The second-order valence-corrected chi connectivity index (χ2v) is 7.64. The minimum absolute atomic E-state index is 0.388. The summed E-state index contributed by atoms with van der Waals surface area (Å²) in [5.41, 5.74) is 1.09. The summed E-state index contributed by atoms with van der Waals surface area (Å²) in [7, 11) is 0.776. The first-order valence-electron chi connectivity index (χ1n) is 7.47. The number of nitrogens with zero attached hydrogens (tertiary/aromatic N) is 3. The van der Waals surface area contributed by atoms with E-state index in [0.717, 1.165) is 24.5 Å². The van der Waals surface area contributed by atoms with Gasteiger partial charge in [0.15, 0.2) is 5.96 Å². The molecule has 1 heterocycles. The second-order valence-electron chi connectivity index (χ2n) is 5.37. The maximum atomic E-state index is 11.0. The van der Waals surface area contributed by atoms with Crippen molar-refractivity contribution in [1.82, 2.24) is 19.5 Å². The van der Waals surface area contributed by atoms with Crippen molar-refractivity contribution >= 4 is 27.6 Å². The van der Waals surface area contributed by atoms with Gasteiger partial charge in [0.2, 0.25) is 10.0 Å². The highest BCUT2D eigenvalue weighted by Gasteiger charge is 2.09. The number of sulfonamides is 1. The summed E-state index contributed by atoms with van der Waals surface area (Å²) in [6.07, 6.45) is 3.66. The Balaban J connectivity index is 2.58. The van der Waals surface area contributed by atoms with E-state index in [2.05, 4.69) is 15.0 Å². The lowest BCUT2D eigenvalue weighted by Crippen LogP contribution is -2.39. The Morgan fingerprint density at radius 3 is 2.70 bits per heavy atom. The topological polar surface area (TPSA) is 78.7 Å². The SMILES string of the molecule is CCNC(=NCCCNS(C)(=O)=O)N(C)Cc1cc(Cl)cn1C. The standard InChI is InChI=1S/C14H26ClN5O2S/c1-5-16-14(17-7-6-8-18-23(4,21)22)20(3)11-13-9-12(15)10-19(13)2/h9-10,18H,5-8,11H2,1-4H3,(H,16,17). The normalized spacial score (nSPS) is 12.5. The minimum atomic E-state index is -3.13. The fourth-order valence-corrected chi connectivity index (χ4v) is 2.82. The molecule has 0 saturated carbocycles. The molecule has 0 aliphatic rings. The van der Waals surface area contributed by atoms with Crippen LogP contribution in [0.3, 0.4) is 0 Å². The number of aromatic nitrogens is 1. The van der Waals surface area contributed by atoms with Crippen molar-refractivity contribution in [3.05, 3.63) is 23.0 Å². The predicted molar refractivity (Wildman–Crippen MR) is 95.3 cm³/mol. The van der Waals surface area contributed by atoms with Gasteiger partial charge in [0.05, 0.1) is 17.8 Å². The molecule has 0 fully saturated rings. The lowest BCUT2D eigenvalue weighted by Gasteiger charge is -2.22. The summed E-state index contributed by atoms with van der Waals surface area (Å²) >= 11 is 6.00. The van der Waals surface area contributed by atoms with Gasteiger partial charge in [0, 0.05) is 45.6 Å². The molecule has 7 nitrogen and oxygen atoms in total. The van der Waals surface area contributed by atoms with Crippen molar-refractivity contribution in [3.63, 3.8) is 0 Å². The van der Waals surface area contributed by atoms with Crippen LogP contribution in [-0.4, -0.2) is 56.8 Å². The van der Waals surface area contributed by atoms with Gasteiger partial charge < -0.3 is 14.8 Å². The molecule has 23 heavy (non-hydrogen) atoms. The van der Waals surface area contributed by atoms with Gasteiger partial charge in [-0.15, -0.1) is 0 Å². The van der Waals surface area contributed by atoms with Crippen LogP contribution in [0.1, 0.15) is 19.0 Å². The predicted octanol–water partition coefficient (Wildman–Crippen LogP) is 1.02. The van der Waals surface area contributed by atoms with Crippen molar-refractivity contribution in [1.29, 1.82) is 0 Å². The first-order valence-corrected chi connectivity index (χ1v) is 9.74. The highest BCUT2D eigenvalue weighted by Crippen LogP contribution is 2.14. The molecule has 1 rings (SSSR count). The molecule has 0 aliphatic heterocycles. The number of halogens is 1. The van der Waals surface area contributed by atoms with Gasteiger partial charge >= 0.3 is 0 Å². The van der Waals surface area contributed by atoms with Crippen LogP contribution in [0, 0.1) is 0 Å². The van der Waals surface area contributed by atoms with Crippen LogP contribution in [0.4, 0.5) is 0 Å². The third kappa shape index (κ3) is 7.71. The summed E-state index contributed by atoms with van der Waals surface area (Å²) in [4.78, 5) is 6.53. The summed E-state index contributed by atoms with van der Waals surface area (Å²) in [5.74, 6) is 0.782. The highest BCUT2D eigenvalue weighted by atomic mass is 35.5. The number of hydrogen-bond acceptors (Lipinski definition) is 3. The molecule has 132 valence electrons. The summed E-state index contributed by atoms with van der Waals surface area (Å²) in [6, 6.07) is 1.93. The smallest absolute Gasteiger partial charge is 0.208 e. The average molecular weight is 364 g/mol. The molecule has 0 atom stereocenters. The molecule has 0 spiro atoms. The van der Waals surface area contributed by atoms with E-state index in [0.29, 0.717) is 31.1 Å². The number of nitrogens with one attached hydrogen (secondary N) is 2. The minimum Gasteiger partial charge on any atom is -0.357 e. The Hall–Kier alpha value is -1.25. The Labute approximate surface area is 143 Å². The van der Waals surface area contributed by atoms with Crippen LogP contribution >= 0.6 is 11.6 Å². The molecular weight excluding hydrogens is 338 g/mol. The van der Waals surface area contributed by atoms with E-state index in [-0.39, 0.29) is 0 Å². The number of guanidine groups is 1. The number of aliphatic imine (C=N–C) groups is 1. The fourth-order valence-electron chi connectivity index (χ4n) is 2.03. The zero-order valence-corrected chi connectivity index (χ0v) is 15.7. The van der Waals surface area contributed by atoms with Crippen LogP contribution in [0.15, 0.2) is 17.3 Å². The fraction of sp³-hybridized carbons (Fsp3) is 0.643. The van der Waals surface area contributed by atoms with Crippen LogP contribution in [-0.2, 0) is 23.6 Å². The maximum absolute atomic E-state index is 11.0. The molecule has 1 aromatic heterocycles. The van der Waals surface area contributed by atoms with Crippen molar-refractivity contribution in [2.45, 2.75) is 19.9 Å². The Morgan fingerprint density at radius 1 is 1.48 bits per heavy atom. The Morgan fingerprint density at radius 2 is 2.17 bits per heavy atom. The maximum Gasteiger partial charge on any atom is 0.208 e. The molecule has 0 amide bonds. The molecule has 0 unspecified atom stereocenters. The Bertz CT molecular complexity index is 627. The monoisotopic (exact) mass is 363 g/mol. The van der Waals surface area contributed by atoms with Crippen molar-refractivity contribution in [2.24, 2.45) is 12.0 Å². The summed E-state index contributed by atoms with van der Waals surface area (Å²) < 4.78 is 26.4. The molecule has 0 aromatic carbocycles. The Kier molecular flexibility index (Phi) is 7.87. The molecule has 0 saturated heterocycles. The van der Waals surface area contributed by atoms with Gasteiger partial charge in [-0.25, -0.2) is 13.1 Å². The van der Waals surface area contributed by atoms with E-state index in [9.17, 15) is 8.42 Å². The van der Waals surface area contributed by atoms with Gasteiger partial charge in [0.25, 0.3) is 0 Å². The third-order valence-corrected chi connectivity index (χ3v) is 4.07. The van der Waals surface area contributed by atoms with E-state index < -0.39 is 10.0 Å². The zero-order chi connectivity index (χ0) is 17.5. The van der Waals surface area contributed by atoms with Crippen LogP contribution in [0.2, 0.25) is 5.02 Å². The lowest BCUT2D eigenvalue weighted by molar-refractivity contribution is 0.461. The quantitative estimate of drug-likeness (QED) is 0.410. The van der Waals surface area contributed by atoms with Crippen molar-refractivity contribution in [2.75, 3.05) is 32.9 Å². The van der Waals surface area contributed by atoms with E-state index >= 15 is 0 Å². The molecule has 9 heteroatoms. The van der Waals surface area contributed by atoms with Crippen molar-refractivity contribution < 1.29 is 8.42 Å².